The van der Waals surface area contributed by atoms with Crippen molar-refractivity contribution in [1.29, 1.82) is 0 Å². The molecule has 29 heavy (non-hydrogen) atoms. The van der Waals surface area contributed by atoms with Crippen molar-refractivity contribution in [3.8, 4) is 0 Å². The number of amides is 1. The van der Waals surface area contributed by atoms with Gasteiger partial charge in [0, 0.05) is 19.6 Å². The number of fused-ring (bicyclic) bond motifs is 1. The summed E-state index contributed by atoms with van der Waals surface area (Å²) in [7, 11) is -3.94. The van der Waals surface area contributed by atoms with Gasteiger partial charge < -0.3 is 4.90 Å². The summed E-state index contributed by atoms with van der Waals surface area (Å²) in [5.41, 5.74) is 1.91. The summed E-state index contributed by atoms with van der Waals surface area (Å²) < 4.78 is 41.4. The van der Waals surface area contributed by atoms with Crippen LogP contribution >= 0.6 is 0 Å². The van der Waals surface area contributed by atoms with Gasteiger partial charge in [-0.1, -0.05) is 37.1 Å². The van der Waals surface area contributed by atoms with Crippen LogP contribution in [-0.2, 0) is 27.8 Å². The molecule has 1 atom stereocenters. The maximum atomic E-state index is 13.4. The van der Waals surface area contributed by atoms with Crippen molar-refractivity contribution in [1.82, 2.24) is 9.21 Å². The van der Waals surface area contributed by atoms with Crippen LogP contribution in [0.4, 0.5) is 4.39 Å². The van der Waals surface area contributed by atoms with Crippen molar-refractivity contribution in [2.45, 2.75) is 49.6 Å². The predicted molar refractivity (Wildman–Crippen MR) is 108 cm³/mol. The van der Waals surface area contributed by atoms with Crippen LogP contribution in [0.15, 0.2) is 53.4 Å². The fourth-order valence-electron chi connectivity index (χ4n) is 4.21. The maximum absolute atomic E-state index is 13.4. The fourth-order valence-corrected chi connectivity index (χ4v) is 5.77. The molecule has 0 aromatic heterocycles. The molecular formula is C22H25FN2O3S. The van der Waals surface area contributed by atoms with E-state index in [0.29, 0.717) is 19.5 Å². The number of sulfonamides is 1. The molecule has 0 unspecified atom stereocenters. The molecule has 1 saturated heterocycles. The van der Waals surface area contributed by atoms with Crippen molar-refractivity contribution in [3.63, 3.8) is 0 Å². The molecule has 0 saturated carbocycles. The smallest absolute Gasteiger partial charge is 0.244 e. The van der Waals surface area contributed by atoms with E-state index in [0.717, 1.165) is 48.9 Å². The topological polar surface area (TPSA) is 57.7 Å². The van der Waals surface area contributed by atoms with E-state index in [-0.39, 0.29) is 17.3 Å². The summed E-state index contributed by atoms with van der Waals surface area (Å²) in [5.74, 6) is -0.628. The third-order valence-corrected chi connectivity index (χ3v) is 7.70. The Labute approximate surface area is 171 Å². The van der Waals surface area contributed by atoms with Crippen LogP contribution in [0, 0.1) is 5.82 Å². The molecule has 1 fully saturated rings. The van der Waals surface area contributed by atoms with Gasteiger partial charge in [-0.25, -0.2) is 12.8 Å². The van der Waals surface area contributed by atoms with E-state index < -0.39 is 21.9 Å². The Morgan fingerprint density at radius 2 is 1.52 bits per heavy atom. The lowest BCUT2D eigenvalue weighted by Gasteiger charge is -2.37. The van der Waals surface area contributed by atoms with E-state index in [9.17, 15) is 17.6 Å². The van der Waals surface area contributed by atoms with Crippen LogP contribution in [0.1, 0.15) is 36.8 Å². The monoisotopic (exact) mass is 416 g/mol. The Kier molecular flexibility index (Phi) is 5.69. The van der Waals surface area contributed by atoms with Gasteiger partial charge in [-0.3, -0.25) is 4.79 Å². The largest absolute Gasteiger partial charge is 0.341 e. The highest BCUT2D eigenvalue weighted by Crippen LogP contribution is 2.30. The van der Waals surface area contributed by atoms with E-state index in [4.69, 9.17) is 0 Å². The zero-order valence-electron chi connectivity index (χ0n) is 16.3. The van der Waals surface area contributed by atoms with E-state index in [1.54, 1.807) is 0 Å². The normalized spacial score (nSPS) is 20.7. The molecule has 2 aliphatic heterocycles. The quantitative estimate of drug-likeness (QED) is 0.771. The average molecular weight is 417 g/mol. The number of hydrogen-bond donors (Lipinski definition) is 0. The van der Waals surface area contributed by atoms with E-state index in [1.807, 2.05) is 29.2 Å². The Morgan fingerprint density at radius 1 is 0.897 bits per heavy atom. The summed E-state index contributed by atoms with van der Waals surface area (Å²) in [4.78, 5) is 15.2. The first-order valence-corrected chi connectivity index (χ1v) is 11.5. The zero-order chi connectivity index (χ0) is 20.4. The fraction of sp³-hybridized carbons (Fsp3) is 0.409. The molecule has 7 heteroatoms. The summed E-state index contributed by atoms with van der Waals surface area (Å²) in [6, 6.07) is 11.7. The third-order valence-electron chi connectivity index (χ3n) is 5.83. The lowest BCUT2D eigenvalue weighted by atomic mass is 9.95. The van der Waals surface area contributed by atoms with Crippen LogP contribution < -0.4 is 0 Å². The molecule has 2 aliphatic rings. The van der Waals surface area contributed by atoms with Crippen LogP contribution in [0.2, 0.25) is 0 Å². The van der Waals surface area contributed by atoms with Crippen LogP contribution in [0.25, 0.3) is 0 Å². The highest BCUT2D eigenvalue weighted by molar-refractivity contribution is 7.89. The minimum atomic E-state index is -3.94. The van der Waals surface area contributed by atoms with Gasteiger partial charge in [0.15, 0.2) is 0 Å². The van der Waals surface area contributed by atoms with E-state index in [2.05, 4.69) is 0 Å². The van der Waals surface area contributed by atoms with Gasteiger partial charge >= 0.3 is 0 Å². The van der Waals surface area contributed by atoms with Gasteiger partial charge in [0.2, 0.25) is 15.9 Å². The first-order chi connectivity index (χ1) is 14.0. The molecular weight excluding hydrogens is 391 g/mol. The van der Waals surface area contributed by atoms with Gasteiger partial charge in [-0.15, -0.1) is 0 Å². The second-order valence-corrected chi connectivity index (χ2v) is 9.62. The van der Waals surface area contributed by atoms with Gasteiger partial charge in [-0.2, -0.15) is 4.31 Å². The second kappa shape index (κ2) is 8.24. The molecule has 2 heterocycles. The summed E-state index contributed by atoms with van der Waals surface area (Å²) >= 11 is 0. The Balaban J connectivity index is 1.71. The van der Waals surface area contributed by atoms with Crippen molar-refractivity contribution >= 4 is 15.9 Å². The number of nitrogens with zero attached hydrogens (tertiary/aromatic N) is 2. The van der Waals surface area contributed by atoms with E-state index in [1.165, 1.54) is 16.4 Å². The molecule has 1 amide bonds. The molecule has 0 aliphatic carbocycles. The molecule has 2 aromatic rings. The molecule has 0 spiro atoms. The second-order valence-electron chi connectivity index (χ2n) is 7.73. The van der Waals surface area contributed by atoms with Crippen LogP contribution in [0.3, 0.4) is 0 Å². The van der Waals surface area contributed by atoms with Gasteiger partial charge in [-0.05, 0) is 54.7 Å². The molecule has 5 nitrogen and oxygen atoms in total. The lowest BCUT2D eigenvalue weighted by molar-refractivity contribution is -0.135. The molecule has 0 bridgehead atoms. The first-order valence-electron chi connectivity index (χ1n) is 10.1. The van der Waals surface area contributed by atoms with Crippen molar-refractivity contribution in [3.05, 3.63) is 65.5 Å². The number of halogens is 1. The summed E-state index contributed by atoms with van der Waals surface area (Å²) in [6.07, 6.45) is 4.43. The predicted octanol–water partition coefficient (Wildman–Crippen LogP) is 3.34. The highest BCUT2D eigenvalue weighted by Gasteiger charge is 2.41. The van der Waals surface area contributed by atoms with Crippen molar-refractivity contribution in [2.24, 2.45) is 0 Å². The minimum Gasteiger partial charge on any atom is -0.341 e. The Bertz CT molecular complexity index is 983. The van der Waals surface area contributed by atoms with Crippen LogP contribution in [-0.4, -0.2) is 42.7 Å². The van der Waals surface area contributed by atoms with Gasteiger partial charge in [0.25, 0.3) is 0 Å². The van der Waals surface area contributed by atoms with Crippen LogP contribution in [0.5, 0.6) is 0 Å². The molecule has 0 N–H and O–H groups in total. The SMILES string of the molecule is O=C([C@H]1Cc2ccccc2CN1S(=O)(=O)c1ccc(F)cc1)N1CCCCCC1. The molecule has 154 valence electrons. The maximum Gasteiger partial charge on any atom is 0.244 e. The standard InChI is InChI=1S/C22H25FN2O3S/c23-19-9-11-20(12-10-19)29(27,28)25-16-18-8-4-3-7-17(18)15-21(25)22(26)24-13-5-1-2-6-14-24/h3-4,7-12,21H,1-2,5-6,13-16H2/t21-/m1/s1. The number of likely N-dealkylation sites (tertiary alicyclic amines) is 1. The van der Waals surface area contributed by atoms with Gasteiger partial charge in [0.05, 0.1) is 4.90 Å². The Hall–Kier alpha value is -2.25. The van der Waals surface area contributed by atoms with Crippen molar-refractivity contribution in [2.75, 3.05) is 13.1 Å². The van der Waals surface area contributed by atoms with Gasteiger partial charge in [0.1, 0.15) is 11.9 Å². The van der Waals surface area contributed by atoms with E-state index >= 15 is 0 Å². The number of carbonyl (C=O) groups excluding carboxylic acids is 1. The molecule has 0 radical (unpaired) electrons. The zero-order valence-corrected chi connectivity index (χ0v) is 17.1. The number of carbonyl (C=O) groups is 1. The number of benzene rings is 2. The number of hydrogen-bond acceptors (Lipinski definition) is 3. The number of rotatable bonds is 3. The highest BCUT2D eigenvalue weighted by atomic mass is 32.2. The minimum absolute atomic E-state index is 0.00643. The summed E-state index contributed by atoms with van der Waals surface area (Å²) in [5, 5.41) is 0. The lowest BCUT2D eigenvalue weighted by Crippen LogP contribution is -2.53. The Morgan fingerprint density at radius 3 is 2.17 bits per heavy atom. The molecule has 4 rings (SSSR count). The first kappa shape index (κ1) is 20.0. The molecule has 2 aromatic carbocycles. The summed E-state index contributed by atoms with van der Waals surface area (Å²) in [6.45, 7) is 1.48. The average Bonchev–Trinajstić information content (AvgIpc) is 3.02. The third kappa shape index (κ3) is 4.07. The van der Waals surface area contributed by atoms with Crippen molar-refractivity contribution < 1.29 is 17.6 Å².